The molecular weight excluding hydrogens is 198 g/mol. The number of imidazole rings is 1. The van der Waals surface area contributed by atoms with E-state index in [1.165, 1.54) is 5.52 Å². The molecule has 0 aliphatic carbocycles. The van der Waals surface area contributed by atoms with Crippen LogP contribution in [0.4, 0.5) is 0 Å². The van der Waals surface area contributed by atoms with Crippen molar-refractivity contribution in [3.05, 3.63) is 24.3 Å². The Kier molecular flexibility index (Phi) is 4.47. The molecule has 3 nitrogen and oxygen atoms in total. The van der Waals surface area contributed by atoms with E-state index in [2.05, 4.69) is 41.4 Å². The number of fused-ring (bicyclic) bond motifs is 1. The molecule has 16 heavy (non-hydrogen) atoms. The van der Waals surface area contributed by atoms with Crippen LogP contribution in [0.5, 0.6) is 0 Å². The van der Waals surface area contributed by atoms with Crippen LogP contribution in [0, 0.1) is 0 Å². The zero-order chi connectivity index (χ0) is 12.1. The van der Waals surface area contributed by atoms with Gasteiger partial charge < -0.3 is 4.57 Å². The lowest BCUT2D eigenvalue weighted by atomic mass is 10.2. The van der Waals surface area contributed by atoms with E-state index in [9.17, 15) is 0 Å². The number of hydrogen-bond donors (Lipinski definition) is 0. The summed E-state index contributed by atoms with van der Waals surface area (Å²) in [5, 5.41) is 0. The van der Waals surface area contributed by atoms with Crippen molar-refractivity contribution in [2.24, 2.45) is 0 Å². The zero-order valence-electron chi connectivity index (χ0n) is 10.9. The smallest absolute Gasteiger partial charge is 0.107 e. The third kappa shape index (κ3) is 2.40. The van der Waals surface area contributed by atoms with Crippen LogP contribution >= 0.6 is 0 Å². The Hall–Kier alpha value is -1.38. The van der Waals surface area contributed by atoms with Crippen LogP contribution in [0.25, 0.3) is 11.0 Å². The first-order chi connectivity index (χ1) is 7.72. The maximum Gasteiger partial charge on any atom is 0.107 e. The summed E-state index contributed by atoms with van der Waals surface area (Å²) >= 11 is 0. The Morgan fingerprint density at radius 2 is 1.94 bits per heavy atom. The van der Waals surface area contributed by atoms with E-state index >= 15 is 0 Å². The molecule has 0 aliphatic rings. The lowest BCUT2D eigenvalue weighted by Gasteiger charge is -2.07. The summed E-state index contributed by atoms with van der Waals surface area (Å²) < 4.78 is 2.18. The predicted octanol–water partition coefficient (Wildman–Crippen LogP) is 3.60. The Bertz CT molecular complexity index is 443. The van der Waals surface area contributed by atoms with Crippen molar-refractivity contribution in [2.45, 2.75) is 47.1 Å². The van der Waals surface area contributed by atoms with Crippen LogP contribution in [0.15, 0.2) is 18.6 Å². The van der Waals surface area contributed by atoms with Crippen LogP contribution < -0.4 is 0 Å². The van der Waals surface area contributed by atoms with E-state index in [4.69, 9.17) is 0 Å². The van der Waals surface area contributed by atoms with E-state index < -0.39 is 0 Å². The van der Waals surface area contributed by atoms with E-state index in [0.29, 0.717) is 6.04 Å². The molecule has 0 N–H and O–H groups in total. The van der Waals surface area contributed by atoms with E-state index in [1.807, 2.05) is 26.4 Å². The number of rotatable bonds is 2. The largest absolute Gasteiger partial charge is 0.328 e. The first-order valence-electron chi connectivity index (χ1n) is 6.04. The maximum absolute atomic E-state index is 4.32. The summed E-state index contributed by atoms with van der Waals surface area (Å²) in [6.45, 7) is 10.4. The van der Waals surface area contributed by atoms with Gasteiger partial charge in [0, 0.05) is 11.7 Å². The fourth-order valence-electron chi connectivity index (χ4n) is 1.58. The van der Waals surface area contributed by atoms with Gasteiger partial charge in [0.1, 0.15) is 5.52 Å². The molecule has 3 heteroatoms. The van der Waals surface area contributed by atoms with Gasteiger partial charge in [0.25, 0.3) is 0 Å². The van der Waals surface area contributed by atoms with Crippen LogP contribution in [0.1, 0.15) is 46.4 Å². The molecule has 0 saturated heterocycles. The second kappa shape index (κ2) is 5.64. The lowest BCUT2D eigenvalue weighted by Crippen LogP contribution is -1.98. The molecule has 0 saturated carbocycles. The Balaban J connectivity index is 0.000000606. The average Bonchev–Trinajstić information content (AvgIpc) is 2.74. The summed E-state index contributed by atoms with van der Waals surface area (Å²) in [5.74, 6) is 0. The topological polar surface area (TPSA) is 30.7 Å². The molecule has 0 unspecified atom stereocenters. The molecule has 2 aromatic rings. The molecule has 2 rings (SSSR count). The van der Waals surface area contributed by atoms with Crippen molar-refractivity contribution >= 4 is 11.0 Å². The molecule has 0 aliphatic heterocycles. The number of nitrogens with zero attached hydrogens (tertiary/aromatic N) is 3. The van der Waals surface area contributed by atoms with Crippen LogP contribution in [-0.2, 0) is 6.42 Å². The molecule has 2 aromatic heterocycles. The Morgan fingerprint density at radius 1 is 1.25 bits per heavy atom. The molecule has 0 amide bonds. The van der Waals surface area contributed by atoms with Gasteiger partial charge in [-0.1, -0.05) is 20.8 Å². The van der Waals surface area contributed by atoms with Crippen molar-refractivity contribution < 1.29 is 0 Å². The Labute approximate surface area is 97.5 Å². The Morgan fingerprint density at radius 3 is 2.50 bits per heavy atom. The minimum Gasteiger partial charge on any atom is -0.328 e. The highest BCUT2D eigenvalue weighted by Gasteiger charge is 2.05. The summed E-state index contributed by atoms with van der Waals surface area (Å²) in [5.41, 5.74) is 3.29. The lowest BCUT2D eigenvalue weighted by molar-refractivity contribution is 0.617. The number of aryl methyl sites for hydroxylation is 1. The minimum absolute atomic E-state index is 0.451. The molecule has 0 fully saturated rings. The third-order valence-electron chi connectivity index (χ3n) is 2.44. The van der Waals surface area contributed by atoms with Gasteiger partial charge in [-0.05, 0) is 26.3 Å². The predicted molar refractivity (Wildman–Crippen MR) is 68.6 cm³/mol. The van der Waals surface area contributed by atoms with Crippen LogP contribution in [0.2, 0.25) is 0 Å². The van der Waals surface area contributed by atoms with E-state index in [1.54, 1.807) is 0 Å². The SMILES string of the molecule is CC.CCc1cc2c(cn1)ncn2C(C)C. The molecule has 88 valence electrons. The van der Waals surface area contributed by atoms with Gasteiger partial charge in [-0.2, -0.15) is 0 Å². The standard InChI is InChI=1S/C11H15N3.C2H6/c1-4-9-5-11-10(6-12-9)13-7-14(11)8(2)3;1-2/h5-8H,4H2,1-3H3;1-2H3. The van der Waals surface area contributed by atoms with Gasteiger partial charge in [-0.3, -0.25) is 4.98 Å². The van der Waals surface area contributed by atoms with Gasteiger partial charge in [0.2, 0.25) is 0 Å². The number of pyridine rings is 1. The summed E-state index contributed by atoms with van der Waals surface area (Å²) in [4.78, 5) is 8.64. The van der Waals surface area contributed by atoms with Crippen LogP contribution in [-0.4, -0.2) is 14.5 Å². The van der Waals surface area contributed by atoms with Crippen molar-refractivity contribution in [3.8, 4) is 0 Å². The highest BCUT2D eigenvalue weighted by molar-refractivity contribution is 5.74. The van der Waals surface area contributed by atoms with Crippen molar-refractivity contribution in [3.63, 3.8) is 0 Å². The first-order valence-corrected chi connectivity index (χ1v) is 6.04. The van der Waals surface area contributed by atoms with Gasteiger partial charge in [-0.25, -0.2) is 4.98 Å². The fourth-order valence-corrected chi connectivity index (χ4v) is 1.58. The summed E-state index contributed by atoms with van der Waals surface area (Å²) in [6.07, 6.45) is 4.71. The van der Waals surface area contributed by atoms with Crippen LogP contribution in [0.3, 0.4) is 0 Å². The molecule has 0 spiro atoms. The third-order valence-corrected chi connectivity index (χ3v) is 2.44. The minimum atomic E-state index is 0.451. The second-order valence-corrected chi connectivity index (χ2v) is 3.76. The quantitative estimate of drug-likeness (QED) is 0.772. The normalized spacial score (nSPS) is 10.4. The first kappa shape index (κ1) is 12.7. The molecule has 0 atom stereocenters. The highest BCUT2D eigenvalue weighted by Crippen LogP contribution is 2.17. The summed E-state index contributed by atoms with van der Waals surface area (Å²) in [7, 11) is 0. The van der Waals surface area contributed by atoms with Crippen molar-refractivity contribution in [2.75, 3.05) is 0 Å². The van der Waals surface area contributed by atoms with Gasteiger partial charge in [0.15, 0.2) is 0 Å². The van der Waals surface area contributed by atoms with E-state index in [-0.39, 0.29) is 0 Å². The molecular formula is C13H21N3. The summed E-state index contributed by atoms with van der Waals surface area (Å²) in [6, 6.07) is 2.58. The van der Waals surface area contributed by atoms with Gasteiger partial charge in [-0.15, -0.1) is 0 Å². The number of aromatic nitrogens is 3. The number of hydrogen-bond acceptors (Lipinski definition) is 2. The van der Waals surface area contributed by atoms with E-state index in [0.717, 1.165) is 17.6 Å². The van der Waals surface area contributed by atoms with Crippen molar-refractivity contribution in [1.29, 1.82) is 0 Å². The average molecular weight is 219 g/mol. The monoisotopic (exact) mass is 219 g/mol. The van der Waals surface area contributed by atoms with Crippen molar-refractivity contribution in [1.82, 2.24) is 14.5 Å². The second-order valence-electron chi connectivity index (χ2n) is 3.76. The fraction of sp³-hybridized carbons (Fsp3) is 0.538. The molecule has 0 radical (unpaired) electrons. The molecule has 2 heterocycles. The molecule has 0 bridgehead atoms. The molecule has 0 aromatic carbocycles. The van der Waals surface area contributed by atoms with Gasteiger partial charge >= 0.3 is 0 Å². The zero-order valence-corrected chi connectivity index (χ0v) is 10.9. The maximum atomic E-state index is 4.32. The van der Waals surface area contributed by atoms with Gasteiger partial charge in [0.05, 0.1) is 18.0 Å². The highest BCUT2D eigenvalue weighted by atomic mass is 15.1.